The number of hydrogen-bond acceptors (Lipinski definition) is 5. The fraction of sp³-hybridized carbons (Fsp3) is 0.280. The molecule has 1 aliphatic heterocycles. The van der Waals surface area contributed by atoms with Gasteiger partial charge in [0.05, 0.1) is 17.7 Å². The first kappa shape index (κ1) is 22.2. The number of sulfonamides is 1. The molecule has 6 nitrogen and oxygen atoms in total. The molecular weight excluding hydrogens is 424 g/mol. The van der Waals surface area contributed by atoms with Gasteiger partial charge in [-0.05, 0) is 54.8 Å². The maximum atomic E-state index is 13.7. The van der Waals surface area contributed by atoms with Crippen LogP contribution in [-0.2, 0) is 16.6 Å². The van der Waals surface area contributed by atoms with Crippen LogP contribution in [0.5, 0.6) is 11.5 Å². The molecule has 0 aliphatic carbocycles. The summed E-state index contributed by atoms with van der Waals surface area (Å²) < 4.78 is 34.3. The maximum absolute atomic E-state index is 13.7. The number of phenols is 1. The highest BCUT2D eigenvalue weighted by atomic mass is 32.2. The van der Waals surface area contributed by atoms with Crippen molar-refractivity contribution in [2.24, 2.45) is 0 Å². The summed E-state index contributed by atoms with van der Waals surface area (Å²) in [6.45, 7) is 2.35. The lowest BCUT2D eigenvalue weighted by atomic mass is 10.0. The Balaban J connectivity index is 1.57. The van der Waals surface area contributed by atoms with Crippen molar-refractivity contribution in [3.63, 3.8) is 0 Å². The second-order valence-corrected chi connectivity index (χ2v) is 9.80. The lowest BCUT2D eigenvalue weighted by Crippen LogP contribution is -2.47. The molecule has 1 heterocycles. The summed E-state index contributed by atoms with van der Waals surface area (Å²) in [7, 11) is -2.15. The standard InChI is InChI=1S/C25H28N2O4S/c1-31-24-7-5-6-22(18-24)27(32(29,30)25-8-3-2-4-9-25)21-14-16-26(17-15-21)19-20-10-12-23(28)13-11-20/h2-13,18,21,28H,14-17,19H2,1H3. The second-order valence-electron chi connectivity index (χ2n) is 7.99. The van der Waals surface area contributed by atoms with E-state index in [4.69, 9.17) is 4.74 Å². The van der Waals surface area contributed by atoms with Crippen molar-refractivity contribution in [1.29, 1.82) is 0 Å². The quantitative estimate of drug-likeness (QED) is 0.580. The number of phenolic OH excluding ortho intramolecular Hbond substituents is 1. The van der Waals surface area contributed by atoms with E-state index in [0.717, 1.165) is 38.0 Å². The molecule has 3 aromatic carbocycles. The van der Waals surface area contributed by atoms with E-state index >= 15 is 0 Å². The van der Waals surface area contributed by atoms with E-state index in [0.29, 0.717) is 11.4 Å². The summed E-state index contributed by atoms with van der Waals surface area (Å²) in [6.07, 6.45) is 1.45. The average Bonchev–Trinajstić information content (AvgIpc) is 2.82. The highest BCUT2D eigenvalue weighted by Crippen LogP contribution is 2.32. The molecule has 0 bridgehead atoms. The zero-order chi connectivity index (χ0) is 22.6. The van der Waals surface area contributed by atoms with E-state index in [9.17, 15) is 13.5 Å². The molecule has 4 rings (SSSR count). The molecule has 32 heavy (non-hydrogen) atoms. The minimum absolute atomic E-state index is 0.150. The Bertz CT molecular complexity index is 1130. The molecule has 0 aromatic heterocycles. The Morgan fingerprint density at radius 3 is 2.31 bits per heavy atom. The molecule has 0 unspecified atom stereocenters. The van der Waals surface area contributed by atoms with Gasteiger partial charge in [-0.2, -0.15) is 0 Å². The van der Waals surface area contributed by atoms with Crippen molar-refractivity contribution in [2.75, 3.05) is 24.5 Å². The monoisotopic (exact) mass is 452 g/mol. The van der Waals surface area contributed by atoms with Gasteiger partial charge in [-0.15, -0.1) is 0 Å². The number of benzene rings is 3. The highest BCUT2D eigenvalue weighted by molar-refractivity contribution is 7.92. The van der Waals surface area contributed by atoms with E-state index in [2.05, 4.69) is 4.90 Å². The molecule has 0 radical (unpaired) electrons. The van der Waals surface area contributed by atoms with Gasteiger partial charge in [0.15, 0.2) is 0 Å². The van der Waals surface area contributed by atoms with E-state index in [1.54, 1.807) is 53.9 Å². The van der Waals surface area contributed by atoms with Gasteiger partial charge in [-0.3, -0.25) is 9.21 Å². The van der Waals surface area contributed by atoms with Crippen LogP contribution >= 0.6 is 0 Å². The van der Waals surface area contributed by atoms with Crippen LogP contribution < -0.4 is 9.04 Å². The molecule has 0 spiro atoms. The molecule has 168 valence electrons. The Morgan fingerprint density at radius 2 is 1.66 bits per heavy atom. The molecule has 0 amide bonds. The minimum atomic E-state index is -3.73. The maximum Gasteiger partial charge on any atom is 0.264 e. The molecule has 1 aliphatic rings. The van der Waals surface area contributed by atoms with E-state index in [1.165, 1.54) is 0 Å². The van der Waals surface area contributed by atoms with Gasteiger partial charge in [0.1, 0.15) is 11.5 Å². The van der Waals surface area contributed by atoms with Crippen molar-refractivity contribution >= 4 is 15.7 Å². The smallest absolute Gasteiger partial charge is 0.264 e. The fourth-order valence-electron chi connectivity index (χ4n) is 4.17. The number of nitrogens with zero attached hydrogens (tertiary/aromatic N) is 2. The van der Waals surface area contributed by atoms with Crippen LogP contribution in [0.15, 0.2) is 83.8 Å². The predicted octanol–water partition coefficient (Wildman–Crippen LogP) is 4.26. The Morgan fingerprint density at radius 1 is 0.969 bits per heavy atom. The van der Waals surface area contributed by atoms with Crippen LogP contribution in [0.2, 0.25) is 0 Å². The number of rotatable bonds is 7. The van der Waals surface area contributed by atoms with Crippen molar-refractivity contribution in [2.45, 2.75) is 30.3 Å². The van der Waals surface area contributed by atoms with Crippen molar-refractivity contribution in [1.82, 2.24) is 4.90 Å². The zero-order valence-corrected chi connectivity index (χ0v) is 18.9. The van der Waals surface area contributed by atoms with E-state index in [-0.39, 0.29) is 16.7 Å². The van der Waals surface area contributed by atoms with Crippen molar-refractivity contribution in [3.05, 3.63) is 84.4 Å². The predicted molar refractivity (Wildman–Crippen MR) is 126 cm³/mol. The summed E-state index contributed by atoms with van der Waals surface area (Å²) in [5, 5.41) is 9.49. The Kier molecular flexibility index (Phi) is 6.67. The summed E-state index contributed by atoms with van der Waals surface area (Å²) in [5.74, 6) is 0.882. The van der Waals surface area contributed by atoms with Gasteiger partial charge in [0.2, 0.25) is 0 Å². The molecule has 7 heteroatoms. The first-order valence-electron chi connectivity index (χ1n) is 10.7. The topological polar surface area (TPSA) is 70.1 Å². The number of piperidine rings is 1. The largest absolute Gasteiger partial charge is 0.508 e. The van der Waals surface area contributed by atoms with E-state index < -0.39 is 10.0 Å². The van der Waals surface area contributed by atoms with Crippen LogP contribution in [0, 0.1) is 0 Å². The van der Waals surface area contributed by atoms with Gasteiger partial charge in [-0.25, -0.2) is 8.42 Å². The number of likely N-dealkylation sites (tertiary alicyclic amines) is 1. The molecule has 0 atom stereocenters. The first-order valence-corrected chi connectivity index (χ1v) is 12.2. The van der Waals surface area contributed by atoms with Crippen molar-refractivity contribution < 1.29 is 18.3 Å². The Labute approximate surface area is 189 Å². The molecule has 0 saturated carbocycles. The third kappa shape index (κ3) is 4.89. The number of ether oxygens (including phenoxy) is 1. The first-order chi connectivity index (χ1) is 15.5. The third-order valence-electron chi connectivity index (χ3n) is 5.84. The van der Waals surface area contributed by atoms with Gasteiger partial charge >= 0.3 is 0 Å². The highest BCUT2D eigenvalue weighted by Gasteiger charge is 2.34. The molecular formula is C25H28N2O4S. The summed E-state index contributed by atoms with van der Waals surface area (Å²) in [5.41, 5.74) is 1.74. The third-order valence-corrected chi connectivity index (χ3v) is 7.73. The van der Waals surface area contributed by atoms with Crippen molar-refractivity contribution in [3.8, 4) is 11.5 Å². The average molecular weight is 453 g/mol. The van der Waals surface area contributed by atoms with E-state index in [1.807, 2.05) is 36.4 Å². The number of hydrogen-bond donors (Lipinski definition) is 1. The van der Waals surface area contributed by atoms with Crippen LogP contribution in [0.1, 0.15) is 18.4 Å². The van der Waals surface area contributed by atoms with Crippen LogP contribution in [-0.4, -0.2) is 44.7 Å². The van der Waals surface area contributed by atoms with Gasteiger partial charge in [-0.1, -0.05) is 36.4 Å². The fourth-order valence-corrected chi connectivity index (χ4v) is 5.89. The van der Waals surface area contributed by atoms with Gasteiger partial charge in [0, 0.05) is 31.7 Å². The molecule has 1 fully saturated rings. The van der Waals surface area contributed by atoms with Crippen LogP contribution in [0.25, 0.3) is 0 Å². The summed E-state index contributed by atoms with van der Waals surface area (Å²) >= 11 is 0. The van der Waals surface area contributed by atoms with Gasteiger partial charge in [0.25, 0.3) is 10.0 Å². The second kappa shape index (κ2) is 9.63. The van der Waals surface area contributed by atoms with Crippen LogP contribution in [0.3, 0.4) is 0 Å². The summed E-state index contributed by atoms with van der Waals surface area (Å²) in [6, 6.07) is 22.9. The summed E-state index contributed by atoms with van der Waals surface area (Å²) in [4.78, 5) is 2.61. The number of methoxy groups -OCH3 is 1. The molecule has 3 aromatic rings. The minimum Gasteiger partial charge on any atom is -0.508 e. The molecule has 1 saturated heterocycles. The normalized spacial score (nSPS) is 15.4. The number of aromatic hydroxyl groups is 1. The van der Waals surface area contributed by atoms with Crippen LogP contribution in [0.4, 0.5) is 5.69 Å². The van der Waals surface area contributed by atoms with Gasteiger partial charge < -0.3 is 9.84 Å². The zero-order valence-electron chi connectivity index (χ0n) is 18.1. The Hall–Kier alpha value is -3.03. The lowest BCUT2D eigenvalue weighted by molar-refractivity contribution is 0.206. The molecule has 1 N–H and O–H groups in total. The number of anilines is 1. The SMILES string of the molecule is COc1cccc(N(C2CCN(Cc3ccc(O)cc3)CC2)S(=O)(=O)c2ccccc2)c1. The lowest BCUT2D eigenvalue weighted by Gasteiger charge is -2.39.